The summed E-state index contributed by atoms with van der Waals surface area (Å²) in [4.78, 5) is 22.6. The maximum absolute atomic E-state index is 12.3. The average molecular weight is 468 g/mol. The van der Waals surface area contributed by atoms with Gasteiger partial charge in [-0.1, -0.05) is 18.2 Å². The summed E-state index contributed by atoms with van der Waals surface area (Å²) >= 11 is 0. The van der Waals surface area contributed by atoms with Gasteiger partial charge in [0.1, 0.15) is 5.69 Å². The molecule has 0 aliphatic carbocycles. The predicted molar refractivity (Wildman–Crippen MR) is 137 cm³/mol. The zero-order valence-corrected chi connectivity index (χ0v) is 19.7. The Balaban J connectivity index is 1.11. The van der Waals surface area contributed by atoms with Crippen LogP contribution in [0, 0.1) is 0 Å². The second-order valence-electron chi connectivity index (χ2n) is 8.80. The summed E-state index contributed by atoms with van der Waals surface area (Å²) in [6.45, 7) is 4.17. The molecule has 35 heavy (non-hydrogen) atoms. The minimum absolute atomic E-state index is 0.237. The number of carbonyl (C=O) groups excluding carboxylic acids is 1. The molecule has 5 rings (SSSR count). The fourth-order valence-corrected chi connectivity index (χ4v) is 4.40. The lowest BCUT2D eigenvalue weighted by Gasteiger charge is -2.35. The molecule has 1 aliphatic rings. The highest BCUT2D eigenvalue weighted by Crippen LogP contribution is 2.24. The molecule has 2 N–H and O–H groups in total. The van der Waals surface area contributed by atoms with E-state index in [2.05, 4.69) is 68.0 Å². The molecule has 1 unspecified atom stereocenters. The molecule has 0 radical (unpaired) electrons. The Morgan fingerprint density at radius 1 is 0.971 bits per heavy atom. The van der Waals surface area contributed by atoms with Gasteiger partial charge in [0, 0.05) is 60.7 Å². The van der Waals surface area contributed by atoms with E-state index in [1.807, 2.05) is 41.2 Å². The van der Waals surface area contributed by atoms with Gasteiger partial charge in [0.15, 0.2) is 0 Å². The molecule has 0 saturated carbocycles. The first-order valence-corrected chi connectivity index (χ1v) is 11.9. The highest BCUT2D eigenvalue weighted by Gasteiger charge is 2.22. The van der Waals surface area contributed by atoms with Gasteiger partial charge in [-0.05, 0) is 56.2 Å². The molecule has 3 heterocycles. The van der Waals surface area contributed by atoms with Crippen LogP contribution < -0.4 is 15.5 Å². The Kier molecular flexibility index (Phi) is 6.81. The molecule has 8 heteroatoms. The van der Waals surface area contributed by atoms with Crippen LogP contribution in [0.1, 0.15) is 41.9 Å². The first-order chi connectivity index (χ1) is 17.2. The van der Waals surface area contributed by atoms with Crippen LogP contribution in [0.25, 0.3) is 5.69 Å². The number of piperidine rings is 1. The maximum Gasteiger partial charge on any atom is 0.275 e. The number of amides is 1. The van der Waals surface area contributed by atoms with Crippen molar-refractivity contribution < 1.29 is 4.79 Å². The van der Waals surface area contributed by atoms with Crippen LogP contribution in [-0.2, 0) is 0 Å². The quantitative estimate of drug-likeness (QED) is 0.423. The number of carbonyl (C=O) groups is 1. The summed E-state index contributed by atoms with van der Waals surface area (Å²) in [5.74, 6) is -0.263. The zero-order valence-electron chi connectivity index (χ0n) is 19.7. The Morgan fingerprint density at radius 2 is 1.74 bits per heavy atom. The van der Waals surface area contributed by atoms with Crippen LogP contribution in [0.4, 0.5) is 11.4 Å². The molecular weight excluding hydrogens is 438 g/mol. The number of nitrogens with one attached hydrogen (secondary N) is 2. The lowest BCUT2D eigenvalue weighted by molar-refractivity contribution is 0.102. The molecule has 2 aromatic carbocycles. The number of rotatable bonds is 7. The van der Waals surface area contributed by atoms with Gasteiger partial charge in [-0.3, -0.25) is 9.78 Å². The van der Waals surface area contributed by atoms with Crippen LogP contribution in [0.3, 0.4) is 0 Å². The summed E-state index contributed by atoms with van der Waals surface area (Å²) in [7, 11) is 0. The van der Waals surface area contributed by atoms with Crippen LogP contribution >= 0.6 is 0 Å². The number of hydrogen-bond donors (Lipinski definition) is 2. The molecule has 2 aromatic heterocycles. The Hall–Kier alpha value is -4.04. The molecule has 8 nitrogen and oxygen atoms in total. The normalized spacial score (nSPS) is 15.1. The van der Waals surface area contributed by atoms with Gasteiger partial charge < -0.3 is 15.5 Å². The van der Waals surface area contributed by atoms with Gasteiger partial charge in [0.2, 0.25) is 0 Å². The van der Waals surface area contributed by atoms with Crippen LogP contribution in [0.5, 0.6) is 0 Å². The van der Waals surface area contributed by atoms with E-state index in [-0.39, 0.29) is 11.9 Å². The highest BCUT2D eigenvalue weighted by molar-refractivity contribution is 6.02. The van der Waals surface area contributed by atoms with E-state index in [1.165, 1.54) is 18.0 Å². The van der Waals surface area contributed by atoms with Gasteiger partial charge in [0.05, 0.1) is 18.1 Å². The molecule has 1 fully saturated rings. The van der Waals surface area contributed by atoms with Crippen molar-refractivity contribution in [3.8, 4) is 5.69 Å². The van der Waals surface area contributed by atoms with Crippen molar-refractivity contribution in [2.45, 2.75) is 31.8 Å². The van der Waals surface area contributed by atoms with Gasteiger partial charge in [-0.2, -0.15) is 5.10 Å². The van der Waals surface area contributed by atoms with Gasteiger partial charge in [-0.25, -0.2) is 9.67 Å². The van der Waals surface area contributed by atoms with Crippen LogP contribution in [0.2, 0.25) is 0 Å². The molecule has 0 spiro atoms. The minimum atomic E-state index is -0.263. The molecule has 178 valence electrons. The molecule has 4 aromatic rings. The number of hydrogen-bond acceptors (Lipinski definition) is 6. The standard InChI is InChI=1S/C27H29N7O/c1-20(21-17-30-34(19-21)25-5-3-2-4-6-25)31-23-11-15-33(16-12-23)24-9-7-22(8-10-24)32-27(35)26-18-28-13-14-29-26/h2-10,13-14,17-20,23,31H,11-12,15-16H2,1H3,(H,32,35). The number of para-hydroxylation sites is 1. The van der Waals surface area contributed by atoms with Gasteiger partial charge in [-0.15, -0.1) is 0 Å². The van der Waals surface area contributed by atoms with E-state index in [4.69, 9.17) is 0 Å². The lowest BCUT2D eigenvalue weighted by Crippen LogP contribution is -2.43. The first kappa shape index (κ1) is 22.7. The third-order valence-corrected chi connectivity index (χ3v) is 6.39. The fraction of sp³-hybridized carbons (Fsp3) is 0.259. The van der Waals surface area contributed by atoms with Crippen molar-refractivity contribution in [2.75, 3.05) is 23.3 Å². The van der Waals surface area contributed by atoms with E-state index in [0.29, 0.717) is 11.7 Å². The molecular formula is C27H29N7O. The first-order valence-electron chi connectivity index (χ1n) is 11.9. The van der Waals surface area contributed by atoms with E-state index >= 15 is 0 Å². The highest BCUT2D eigenvalue weighted by atomic mass is 16.1. The summed E-state index contributed by atoms with van der Waals surface area (Å²) < 4.78 is 1.93. The topological polar surface area (TPSA) is 88.0 Å². The third-order valence-electron chi connectivity index (χ3n) is 6.39. The predicted octanol–water partition coefficient (Wildman–Crippen LogP) is 4.23. The number of nitrogens with zero attached hydrogens (tertiary/aromatic N) is 5. The molecule has 1 amide bonds. The lowest BCUT2D eigenvalue weighted by atomic mass is 10.0. The van der Waals surface area contributed by atoms with E-state index in [1.54, 1.807) is 6.20 Å². The maximum atomic E-state index is 12.3. The Labute approximate surface area is 205 Å². The van der Waals surface area contributed by atoms with Crippen molar-refractivity contribution in [1.29, 1.82) is 0 Å². The average Bonchev–Trinajstić information content (AvgIpc) is 3.41. The minimum Gasteiger partial charge on any atom is -0.371 e. The summed E-state index contributed by atoms with van der Waals surface area (Å²) in [6, 6.07) is 18.9. The molecule has 1 atom stereocenters. The summed E-state index contributed by atoms with van der Waals surface area (Å²) in [6.07, 6.45) is 10.7. The zero-order chi connectivity index (χ0) is 24.0. The number of anilines is 2. The molecule has 1 saturated heterocycles. The van der Waals surface area contributed by atoms with Crippen LogP contribution in [-0.4, -0.2) is 44.8 Å². The Bertz CT molecular complexity index is 1230. The Morgan fingerprint density at radius 3 is 2.46 bits per heavy atom. The molecule has 1 aliphatic heterocycles. The second kappa shape index (κ2) is 10.5. The van der Waals surface area contributed by atoms with Crippen molar-refractivity contribution in [3.05, 3.63) is 96.8 Å². The smallest absolute Gasteiger partial charge is 0.275 e. The van der Waals surface area contributed by atoms with Crippen molar-refractivity contribution in [3.63, 3.8) is 0 Å². The number of aromatic nitrogens is 4. The monoisotopic (exact) mass is 467 g/mol. The van der Waals surface area contributed by atoms with Gasteiger partial charge >= 0.3 is 0 Å². The molecule has 0 bridgehead atoms. The van der Waals surface area contributed by atoms with Crippen molar-refractivity contribution >= 4 is 17.3 Å². The summed E-state index contributed by atoms with van der Waals surface area (Å²) in [5, 5.41) is 11.2. The largest absolute Gasteiger partial charge is 0.371 e. The van der Waals surface area contributed by atoms with E-state index < -0.39 is 0 Å². The number of benzene rings is 2. The van der Waals surface area contributed by atoms with Crippen molar-refractivity contribution in [1.82, 2.24) is 25.1 Å². The van der Waals surface area contributed by atoms with Gasteiger partial charge in [0.25, 0.3) is 5.91 Å². The van der Waals surface area contributed by atoms with E-state index in [9.17, 15) is 4.79 Å². The second-order valence-corrected chi connectivity index (χ2v) is 8.80. The van der Waals surface area contributed by atoms with Crippen molar-refractivity contribution in [2.24, 2.45) is 0 Å². The van der Waals surface area contributed by atoms with E-state index in [0.717, 1.165) is 43.0 Å². The third kappa shape index (κ3) is 5.55. The SMILES string of the molecule is CC(NC1CCN(c2ccc(NC(=O)c3cnccn3)cc2)CC1)c1cnn(-c2ccccc2)c1. The fourth-order valence-electron chi connectivity index (χ4n) is 4.40. The summed E-state index contributed by atoms with van der Waals surface area (Å²) in [5.41, 5.74) is 4.46. The van der Waals surface area contributed by atoms with Crippen LogP contribution in [0.15, 0.2) is 85.6 Å².